The number of hydrogen-bond acceptors (Lipinski definition) is 4. The summed E-state index contributed by atoms with van der Waals surface area (Å²) in [6.07, 6.45) is 2.29. The molecule has 0 saturated heterocycles. The minimum Gasteiger partial charge on any atom is -0.309 e. The van der Waals surface area contributed by atoms with Crippen LogP contribution in [-0.2, 0) is 0 Å². The zero-order chi connectivity index (χ0) is 10.4. The molecular weight excluding hydrogens is 194 g/mol. The van der Waals surface area contributed by atoms with Crippen molar-refractivity contribution >= 4 is 11.5 Å². The van der Waals surface area contributed by atoms with Crippen molar-refractivity contribution in [2.75, 3.05) is 6.54 Å². The molecule has 0 spiro atoms. The summed E-state index contributed by atoms with van der Waals surface area (Å²) in [4.78, 5) is 0. The van der Waals surface area contributed by atoms with E-state index >= 15 is 0 Å². The largest absolute Gasteiger partial charge is 0.309 e. The molecular formula is C10H19N3S. The second-order valence-electron chi connectivity index (χ2n) is 3.97. The first-order valence-corrected chi connectivity index (χ1v) is 6.08. The molecule has 3 nitrogen and oxygen atoms in total. The van der Waals surface area contributed by atoms with Gasteiger partial charge in [-0.25, -0.2) is 0 Å². The van der Waals surface area contributed by atoms with E-state index in [9.17, 15) is 0 Å². The van der Waals surface area contributed by atoms with Gasteiger partial charge in [0.15, 0.2) is 0 Å². The molecule has 0 aliphatic heterocycles. The molecule has 1 aromatic rings. The Kier molecular flexibility index (Phi) is 5.04. The van der Waals surface area contributed by atoms with E-state index in [1.807, 2.05) is 5.38 Å². The molecule has 80 valence electrons. The van der Waals surface area contributed by atoms with E-state index in [1.54, 1.807) is 0 Å². The van der Waals surface area contributed by atoms with E-state index in [1.165, 1.54) is 11.5 Å². The normalized spacial score (nSPS) is 13.4. The van der Waals surface area contributed by atoms with Gasteiger partial charge in [0.05, 0.1) is 11.7 Å². The van der Waals surface area contributed by atoms with Gasteiger partial charge in [-0.3, -0.25) is 0 Å². The smallest absolute Gasteiger partial charge is 0.0924 e. The molecule has 0 aromatic carbocycles. The maximum absolute atomic E-state index is 4.13. The van der Waals surface area contributed by atoms with Crippen molar-refractivity contribution in [2.45, 2.75) is 39.7 Å². The number of rotatable bonds is 6. The van der Waals surface area contributed by atoms with Crippen molar-refractivity contribution < 1.29 is 0 Å². The van der Waals surface area contributed by atoms with E-state index in [4.69, 9.17) is 0 Å². The molecule has 1 heterocycles. The molecule has 4 heteroatoms. The topological polar surface area (TPSA) is 37.8 Å². The summed E-state index contributed by atoms with van der Waals surface area (Å²) in [5, 5.41) is 9.67. The van der Waals surface area contributed by atoms with Crippen molar-refractivity contribution in [2.24, 2.45) is 5.92 Å². The van der Waals surface area contributed by atoms with Crippen LogP contribution >= 0.6 is 11.5 Å². The van der Waals surface area contributed by atoms with Gasteiger partial charge in [0, 0.05) is 5.38 Å². The van der Waals surface area contributed by atoms with Crippen LogP contribution in [0.5, 0.6) is 0 Å². The van der Waals surface area contributed by atoms with Crippen LogP contribution in [0.2, 0.25) is 0 Å². The van der Waals surface area contributed by atoms with Crippen molar-refractivity contribution in [1.82, 2.24) is 14.9 Å². The van der Waals surface area contributed by atoms with Gasteiger partial charge in [-0.1, -0.05) is 25.3 Å². The van der Waals surface area contributed by atoms with Gasteiger partial charge in [-0.2, -0.15) is 0 Å². The third-order valence-corrected chi connectivity index (χ3v) is 2.60. The zero-order valence-corrected chi connectivity index (χ0v) is 9.97. The molecule has 1 unspecified atom stereocenters. The minimum absolute atomic E-state index is 0.383. The van der Waals surface area contributed by atoms with Crippen LogP contribution in [0.15, 0.2) is 5.38 Å². The molecule has 0 saturated carbocycles. The summed E-state index contributed by atoms with van der Waals surface area (Å²) >= 11 is 1.43. The highest BCUT2D eigenvalue weighted by Crippen LogP contribution is 2.19. The highest BCUT2D eigenvalue weighted by atomic mass is 32.1. The van der Waals surface area contributed by atoms with E-state index < -0.39 is 0 Å². The average Bonchev–Trinajstić information content (AvgIpc) is 2.64. The molecule has 1 N–H and O–H groups in total. The predicted octanol–water partition coefficient (Wildman–Crippen LogP) is 2.62. The van der Waals surface area contributed by atoms with Crippen LogP contribution < -0.4 is 5.32 Å². The van der Waals surface area contributed by atoms with E-state index in [2.05, 4.69) is 35.7 Å². The summed E-state index contributed by atoms with van der Waals surface area (Å²) in [6, 6.07) is 0.383. The Labute approximate surface area is 90.1 Å². The van der Waals surface area contributed by atoms with Crippen LogP contribution in [0.1, 0.15) is 45.3 Å². The summed E-state index contributed by atoms with van der Waals surface area (Å²) < 4.78 is 3.91. The molecule has 1 atom stereocenters. The number of hydrogen-bond donors (Lipinski definition) is 1. The first kappa shape index (κ1) is 11.6. The summed E-state index contributed by atoms with van der Waals surface area (Å²) in [5.74, 6) is 0.686. The fourth-order valence-electron chi connectivity index (χ4n) is 1.42. The summed E-state index contributed by atoms with van der Waals surface area (Å²) in [5.41, 5.74) is 1.09. The maximum atomic E-state index is 4.13. The lowest BCUT2D eigenvalue weighted by Crippen LogP contribution is -2.23. The molecule has 0 bridgehead atoms. The second kappa shape index (κ2) is 6.09. The number of nitrogens with one attached hydrogen (secondary N) is 1. The van der Waals surface area contributed by atoms with Crippen molar-refractivity contribution in [3.05, 3.63) is 11.1 Å². The quantitative estimate of drug-likeness (QED) is 0.789. The van der Waals surface area contributed by atoms with Crippen molar-refractivity contribution in [1.29, 1.82) is 0 Å². The van der Waals surface area contributed by atoms with Gasteiger partial charge in [0.1, 0.15) is 0 Å². The summed E-state index contributed by atoms with van der Waals surface area (Å²) in [7, 11) is 0. The Bertz CT molecular complexity index is 234. The number of aromatic nitrogens is 2. The van der Waals surface area contributed by atoms with Gasteiger partial charge < -0.3 is 5.32 Å². The Balaban J connectivity index is 2.53. The Hall–Kier alpha value is -0.480. The van der Waals surface area contributed by atoms with E-state index in [0.29, 0.717) is 12.0 Å². The Morgan fingerprint density at radius 2 is 2.29 bits per heavy atom. The first-order chi connectivity index (χ1) is 6.74. The van der Waals surface area contributed by atoms with Crippen molar-refractivity contribution in [3.8, 4) is 0 Å². The molecule has 0 radical (unpaired) electrons. The zero-order valence-electron chi connectivity index (χ0n) is 9.16. The molecule has 0 aliphatic rings. The van der Waals surface area contributed by atoms with Gasteiger partial charge >= 0.3 is 0 Å². The third kappa shape index (κ3) is 3.72. The summed E-state index contributed by atoms with van der Waals surface area (Å²) in [6.45, 7) is 7.70. The second-order valence-corrected chi connectivity index (χ2v) is 4.58. The lowest BCUT2D eigenvalue weighted by atomic mass is 10.0. The van der Waals surface area contributed by atoms with Crippen LogP contribution in [0.4, 0.5) is 0 Å². The predicted molar refractivity (Wildman–Crippen MR) is 60.4 cm³/mol. The minimum atomic E-state index is 0.383. The lowest BCUT2D eigenvalue weighted by molar-refractivity contribution is 0.422. The molecule has 0 aliphatic carbocycles. The van der Waals surface area contributed by atoms with E-state index in [0.717, 1.165) is 25.1 Å². The van der Waals surface area contributed by atoms with Crippen LogP contribution in [0.25, 0.3) is 0 Å². The van der Waals surface area contributed by atoms with Crippen LogP contribution in [0, 0.1) is 5.92 Å². The maximum Gasteiger partial charge on any atom is 0.0924 e. The fourth-order valence-corrected chi connectivity index (χ4v) is 1.93. The standard InChI is InChI=1S/C10H19N3S/c1-4-5-11-9(6-8(2)3)10-7-14-13-12-10/h7-9,11H,4-6H2,1-3H3. The highest BCUT2D eigenvalue weighted by Gasteiger charge is 2.14. The SMILES string of the molecule is CCCNC(CC(C)C)c1csnn1. The molecule has 0 amide bonds. The number of nitrogens with zero attached hydrogens (tertiary/aromatic N) is 2. The lowest BCUT2D eigenvalue weighted by Gasteiger charge is -2.17. The monoisotopic (exact) mass is 213 g/mol. The van der Waals surface area contributed by atoms with Crippen LogP contribution in [-0.4, -0.2) is 16.1 Å². The molecule has 14 heavy (non-hydrogen) atoms. The Morgan fingerprint density at radius 3 is 2.79 bits per heavy atom. The Morgan fingerprint density at radius 1 is 1.50 bits per heavy atom. The highest BCUT2D eigenvalue weighted by molar-refractivity contribution is 7.03. The molecule has 1 rings (SSSR count). The van der Waals surface area contributed by atoms with Gasteiger partial charge in [0.2, 0.25) is 0 Å². The van der Waals surface area contributed by atoms with Gasteiger partial charge in [0.25, 0.3) is 0 Å². The van der Waals surface area contributed by atoms with E-state index in [-0.39, 0.29) is 0 Å². The van der Waals surface area contributed by atoms with Crippen LogP contribution in [0.3, 0.4) is 0 Å². The fraction of sp³-hybridized carbons (Fsp3) is 0.800. The third-order valence-electron chi connectivity index (χ3n) is 2.08. The average molecular weight is 213 g/mol. The molecule has 1 aromatic heterocycles. The van der Waals surface area contributed by atoms with Crippen molar-refractivity contribution in [3.63, 3.8) is 0 Å². The van der Waals surface area contributed by atoms with Gasteiger partial charge in [-0.15, -0.1) is 5.10 Å². The van der Waals surface area contributed by atoms with Gasteiger partial charge in [-0.05, 0) is 36.8 Å². The molecule has 0 fully saturated rings. The first-order valence-electron chi connectivity index (χ1n) is 5.24.